The van der Waals surface area contributed by atoms with Crippen molar-refractivity contribution in [2.45, 2.75) is 17.6 Å². The van der Waals surface area contributed by atoms with E-state index in [1.54, 1.807) is 30.5 Å². The lowest BCUT2D eigenvalue weighted by Crippen LogP contribution is -2.32. The minimum atomic E-state index is -0.153. The van der Waals surface area contributed by atoms with Gasteiger partial charge in [-0.1, -0.05) is 30.0 Å². The number of imidazole rings is 1. The molecule has 0 saturated carbocycles. The van der Waals surface area contributed by atoms with Gasteiger partial charge in [-0.05, 0) is 30.3 Å². The number of carbonyl (C=O) groups excluding carboxylic acids is 2. The van der Waals surface area contributed by atoms with E-state index < -0.39 is 0 Å². The summed E-state index contributed by atoms with van der Waals surface area (Å²) >= 11 is 1.37. The molecule has 0 aliphatic carbocycles. The van der Waals surface area contributed by atoms with Gasteiger partial charge in [0.25, 0.3) is 5.91 Å². The predicted octanol–water partition coefficient (Wildman–Crippen LogP) is 3.40. The first-order valence-electron chi connectivity index (χ1n) is 9.63. The number of hydrogen-bond acceptors (Lipinski definition) is 5. The summed E-state index contributed by atoms with van der Waals surface area (Å²) in [6.07, 6.45) is 4.26. The largest absolute Gasteiger partial charge is 0.493 e. The molecule has 1 aliphatic heterocycles. The summed E-state index contributed by atoms with van der Waals surface area (Å²) in [4.78, 5) is 29.0. The van der Waals surface area contributed by atoms with Gasteiger partial charge in [0.2, 0.25) is 5.91 Å². The second-order valence-corrected chi connectivity index (χ2v) is 7.88. The second kappa shape index (κ2) is 9.04. The fourth-order valence-electron chi connectivity index (χ4n) is 3.26. The van der Waals surface area contributed by atoms with E-state index in [1.807, 2.05) is 42.1 Å². The molecule has 8 heteroatoms. The standard InChI is InChI=1S/C22H22N4O3S/c1-26-12-11-23-22(26)30-14-20(27)24-16-8-6-15(7-9-16)21(28)25-18-10-13-29-19-5-3-2-4-17(18)19/h2-9,11-12,18H,10,13-14H2,1H3,(H,24,27)(H,25,28)/t18-/m1/s1. The fourth-order valence-corrected chi connectivity index (χ4v) is 3.99. The number of thioether (sulfide) groups is 1. The lowest BCUT2D eigenvalue weighted by atomic mass is 10.00. The Hall–Kier alpha value is -3.26. The molecule has 0 fully saturated rings. The third-order valence-electron chi connectivity index (χ3n) is 4.80. The molecule has 1 aliphatic rings. The highest BCUT2D eigenvalue weighted by atomic mass is 32.2. The maximum Gasteiger partial charge on any atom is 0.251 e. The van der Waals surface area contributed by atoms with Crippen LogP contribution in [0.25, 0.3) is 0 Å². The summed E-state index contributed by atoms with van der Waals surface area (Å²) in [7, 11) is 1.88. The van der Waals surface area contributed by atoms with Crippen molar-refractivity contribution in [3.63, 3.8) is 0 Å². The fraction of sp³-hybridized carbons (Fsp3) is 0.227. The Morgan fingerprint density at radius 3 is 2.77 bits per heavy atom. The van der Waals surface area contributed by atoms with Crippen molar-refractivity contribution in [3.05, 3.63) is 72.1 Å². The van der Waals surface area contributed by atoms with Gasteiger partial charge in [0.05, 0.1) is 18.4 Å². The van der Waals surface area contributed by atoms with Crippen molar-refractivity contribution in [1.29, 1.82) is 0 Å². The van der Waals surface area contributed by atoms with E-state index in [1.165, 1.54) is 11.8 Å². The molecule has 0 saturated heterocycles. The van der Waals surface area contributed by atoms with Crippen molar-refractivity contribution in [2.75, 3.05) is 17.7 Å². The highest BCUT2D eigenvalue weighted by Crippen LogP contribution is 2.31. The Morgan fingerprint density at radius 1 is 1.20 bits per heavy atom. The van der Waals surface area contributed by atoms with Crippen molar-refractivity contribution < 1.29 is 14.3 Å². The Balaban J connectivity index is 1.32. The molecule has 3 aromatic rings. The van der Waals surface area contributed by atoms with Gasteiger partial charge in [-0.25, -0.2) is 4.98 Å². The highest BCUT2D eigenvalue weighted by molar-refractivity contribution is 7.99. The van der Waals surface area contributed by atoms with Crippen molar-refractivity contribution in [2.24, 2.45) is 7.05 Å². The van der Waals surface area contributed by atoms with Crippen LogP contribution in [0.4, 0.5) is 5.69 Å². The summed E-state index contributed by atoms with van der Waals surface area (Å²) in [6.45, 7) is 0.573. The second-order valence-electron chi connectivity index (χ2n) is 6.94. The van der Waals surface area contributed by atoms with Gasteiger partial charge in [0, 0.05) is 42.7 Å². The smallest absolute Gasteiger partial charge is 0.251 e. The average Bonchev–Trinajstić information content (AvgIpc) is 3.18. The quantitative estimate of drug-likeness (QED) is 0.595. The number of ether oxygens (including phenoxy) is 1. The van der Waals surface area contributed by atoms with Gasteiger partial charge < -0.3 is 19.9 Å². The number of amides is 2. The van der Waals surface area contributed by atoms with Gasteiger partial charge in [-0.3, -0.25) is 9.59 Å². The number of benzene rings is 2. The van der Waals surface area contributed by atoms with E-state index in [9.17, 15) is 9.59 Å². The summed E-state index contributed by atoms with van der Waals surface area (Å²) in [5.41, 5.74) is 2.18. The van der Waals surface area contributed by atoms with Gasteiger partial charge in [-0.2, -0.15) is 0 Å². The molecule has 0 bridgehead atoms. The Labute approximate surface area is 178 Å². The van der Waals surface area contributed by atoms with E-state index in [0.29, 0.717) is 17.9 Å². The number of aromatic nitrogens is 2. The summed E-state index contributed by atoms with van der Waals surface area (Å²) < 4.78 is 7.51. The van der Waals surface area contributed by atoms with Crippen LogP contribution in [-0.4, -0.2) is 33.7 Å². The van der Waals surface area contributed by atoms with Crippen LogP contribution in [0.5, 0.6) is 5.75 Å². The van der Waals surface area contributed by atoms with Crippen LogP contribution in [0.3, 0.4) is 0 Å². The monoisotopic (exact) mass is 422 g/mol. The number of para-hydroxylation sites is 1. The molecule has 4 rings (SSSR count). The molecule has 0 radical (unpaired) electrons. The predicted molar refractivity (Wildman–Crippen MR) is 116 cm³/mol. The van der Waals surface area contributed by atoms with Crippen LogP contribution in [0.15, 0.2) is 66.1 Å². The van der Waals surface area contributed by atoms with Crippen LogP contribution in [0, 0.1) is 0 Å². The topological polar surface area (TPSA) is 85.2 Å². The lowest BCUT2D eigenvalue weighted by Gasteiger charge is -2.26. The molecule has 2 heterocycles. The Bertz CT molecular complexity index is 1050. The number of nitrogens with zero attached hydrogens (tertiary/aromatic N) is 2. The number of fused-ring (bicyclic) bond motifs is 1. The zero-order chi connectivity index (χ0) is 20.9. The van der Waals surface area contributed by atoms with E-state index in [-0.39, 0.29) is 23.6 Å². The van der Waals surface area contributed by atoms with Crippen molar-refractivity contribution in [1.82, 2.24) is 14.9 Å². The van der Waals surface area contributed by atoms with Gasteiger partial charge in [-0.15, -0.1) is 0 Å². The molecule has 154 valence electrons. The van der Waals surface area contributed by atoms with E-state index >= 15 is 0 Å². The number of nitrogens with one attached hydrogen (secondary N) is 2. The number of aryl methyl sites for hydroxylation is 1. The minimum Gasteiger partial charge on any atom is -0.493 e. The van der Waals surface area contributed by atoms with E-state index in [0.717, 1.165) is 22.9 Å². The number of rotatable bonds is 6. The Kier molecular flexibility index (Phi) is 6.04. The van der Waals surface area contributed by atoms with Crippen LogP contribution in [0.1, 0.15) is 28.4 Å². The SMILES string of the molecule is Cn1ccnc1SCC(=O)Nc1ccc(C(=O)N[C@@H]2CCOc3ccccc32)cc1. The third-order valence-corrected chi connectivity index (χ3v) is 5.86. The molecule has 1 atom stereocenters. The number of anilines is 1. The van der Waals surface area contributed by atoms with Crippen LogP contribution in [-0.2, 0) is 11.8 Å². The first-order valence-corrected chi connectivity index (χ1v) is 10.6. The van der Waals surface area contributed by atoms with Gasteiger partial charge >= 0.3 is 0 Å². The van der Waals surface area contributed by atoms with Crippen LogP contribution < -0.4 is 15.4 Å². The highest BCUT2D eigenvalue weighted by Gasteiger charge is 2.23. The first kappa shape index (κ1) is 20.0. The molecular weight excluding hydrogens is 400 g/mol. The molecule has 30 heavy (non-hydrogen) atoms. The first-order chi connectivity index (χ1) is 14.6. The van der Waals surface area contributed by atoms with Crippen molar-refractivity contribution in [3.8, 4) is 5.75 Å². The zero-order valence-electron chi connectivity index (χ0n) is 16.5. The summed E-state index contributed by atoms with van der Waals surface area (Å²) in [5, 5.41) is 6.70. The van der Waals surface area contributed by atoms with E-state index in [2.05, 4.69) is 15.6 Å². The molecule has 2 aromatic carbocycles. The maximum atomic E-state index is 12.7. The molecule has 7 nitrogen and oxygen atoms in total. The lowest BCUT2D eigenvalue weighted by molar-refractivity contribution is -0.113. The van der Waals surface area contributed by atoms with Crippen LogP contribution in [0.2, 0.25) is 0 Å². The average molecular weight is 423 g/mol. The number of carbonyl (C=O) groups is 2. The minimum absolute atomic E-state index is 0.0787. The molecule has 1 aromatic heterocycles. The van der Waals surface area contributed by atoms with Gasteiger partial charge in [0.15, 0.2) is 5.16 Å². The van der Waals surface area contributed by atoms with Crippen molar-refractivity contribution >= 4 is 29.3 Å². The third kappa shape index (κ3) is 4.65. The van der Waals surface area contributed by atoms with Gasteiger partial charge in [0.1, 0.15) is 5.75 Å². The van der Waals surface area contributed by atoms with E-state index in [4.69, 9.17) is 4.74 Å². The summed E-state index contributed by atoms with van der Waals surface area (Å²) in [6, 6.07) is 14.6. The molecule has 0 unspecified atom stereocenters. The van der Waals surface area contributed by atoms with Crippen LogP contribution >= 0.6 is 11.8 Å². The summed E-state index contributed by atoms with van der Waals surface area (Å²) in [5.74, 6) is 0.797. The molecular formula is C22H22N4O3S. The number of hydrogen-bond donors (Lipinski definition) is 2. The maximum absolute atomic E-state index is 12.7. The zero-order valence-corrected chi connectivity index (χ0v) is 17.3. The molecule has 2 N–H and O–H groups in total. The molecule has 0 spiro atoms. The Morgan fingerprint density at radius 2 is 2.00 bits per heavy atom. The molecule has 2 amide bonds. The normalized spacial score (nSPS) is 15.0.